The van der Waals surface area contributed by atoms with Gasteiger partial charge in [-0.15, -0.1) is 0 Å². The first-order valence-electron chi connectivity index (χ1n) is 8.86. The van der Waals surface area contributed by atoms with Gasteiger partial charge in [0.1, 0.15) is 11.5 Å². The van der Waals surface area contributed by atoms with Gasteiger partial charge in [0.15, 0.2) is 9.84 Å². The van der Waals surface area contributed by atoms with Crippen molar-refractivity contribution in [2.24, 2.45) is 0 Å². The summed E-state index contributed by atoms with van der Waals surface area (Å²) in [6, 6.07) is 17.0. The highest BCUT2D eigenvalue weighted by molar-refractivity contribution is 7.92. The molecular weight excluding hydrogens is 434 g/mol. The molecule has 0 radical (unpaired) electrons. The van der Waals surface area contributed by atoms with Crippen LogP contribution in [0.3, 0.4) is 0 Å². The third-order valence-corrected chi connectivity index (χ3v) is 8.98. The van der Waals surface area contributed by atoms with Crippen LogP contribution in [0.5, 0.6) is 0 Å². The Morgan fingerprint density at radius 2 is 1.66 bits per heavy atom. The molecule has 2 aromatic carbocycles. The van der Waals surface area contributed by atoms with Crippen LogP contribution in [0.25, 0.3) is 11.1 Å². The molecule has 0 spiro atoms. The Morgan fingerprint density at radius 1 is 0.931 bits per heavy atom. The van der Waals surface area contributed by atoms with Crippen LogP contribution in [-0.2, 0) is 25.6 Å². The highest BCUT2D eigenvalue weighted by Crippen LogP contribution is 2.29. The minimum Gasteiger partial charge on any atom is -0.468 e. The van der Waals surface area contributed by atoms with Crippen LogP contribution in [0.2, 0.25) is 5.02 Å². The normalized spacial score (nSPS) is 15.9. The van der Waals surface area contributed by atoms with Gasteiger partial charge in [0, 0.05) is 18.1 Å². The van der Waals surface area contributed by atoms with E-state index < -0.39 is 25.1 Å². The molecule has 1 aliphatic rings. The summed E-state index contributed by atoms with van der Waals surface area (Å²) in [7, 11) is -7.23. The molecule has 0 N–H and O–H groups in total. The molecule has 4 rings (SSSR count). The molecule has 0 bridgehead atoms. The van der Waals surface area contributed by atoms with Gasteiger partial charge in [0.2, 0.25) is 10.0 Å². The summed E-state index contributed by atoms with van der Waals surface area (Å²) < 4.78 is 56.7. The van der Waals surface area contributed by atoms with Gasteiger partial charge in [-0.1, -0.05) is 35.9 Å². The van der Waals surface area contributed by atoms with E-state index in [0.717, 1.165) is 11.1 Å². The van der Waals surface area contributed by atoms with Crippen molar-refractivity contribution in [3.63, 3.8) is 0 Å². The molecule has 1 aliphatic heterocycles. The molecule has 2 heterocycles. The van der Waals surface area contributed by atoms with Crippen molar-refractivity contribution in [1.82, 2.24) is 4.31 Å². The van der Waals surface area contributed by atoms with E-state index in [9.17, 15) is 16.8 Å². The Bertz CT molecular complexity index is 1210. The largest absolute Gasteiger partial charge is 0.468 e. The van der Waals surface area contributed by atoms with Gasteiger partial charge >= 0.3 is 0 Å². The molecule has 1 saturated heterocycles. The zero-order valence-corrected chi connectivity index (χ0v) is 17.6. The lowest BCUT2D eigenvalue weighted by Gasteiger charge is -2.37. The fourth-order valence-electron chi connectivity index (χ4n) is 3.17. The molecule has 3 aromatic rings. The lowest BCUT2D eigenvalue weighted by molar-refractivity contribution is 0.309. The predicted octanol–water partition coefficient (Wildman–Crippen LogP) is 3.59. The smallest absolute Gasteiger partial charge is 0.243 e. The van der Waals surface area contributed by atoms with E-state index in [0.29, 0.717) is 10.8 Å². The lowest BCUT2D eigenvalue weighted by Crippen LogP contribution is -2.56. The van der Waals surface area contributed by atoms with Crippen molar-refractivity contribution in [3.05, 3.63) is 77.7 Å². The first-order chi connectivity index (χ1) is 13.8. The van der Waals surface area contributed by atoms with E-state index in [1.165, 1.54) is 22.7 Å². The average Bonchev–Trinajstić information content (AvgIpc) is 3.12. The molecule has 0 saturated carbocycles. The summed E-state index contributed by atoms with van der Waals surface area (Å²) in [5.41, 5.74) is 1.73. The summed E-state index contributed by atoms with van der Waals surface area (Å²) in [5, 5.41) is -0.130. The minimum atomic E-state index is -3.75. The number of furan rings is 1. The number of hydrogen-bond donors (Lipinski definition) is 0. The standard InChI is InChI=1S/C20H18ClNO5S2/c21-17-4-1-3-16(11-17)15-6-8-19(9-7-15)29(25,26)22-12-20(13-22)28(23,24)14-18-5-2-10-27-18/h1-11,20H,12-14H2. The van der Waals surface area contributed by atoms with Crippen molar-refractivity contribution in [2.45, 2.75) is 15.9 Å². The molecule has 9 heteroatoms. The van der Waals surface area contributed by atoms with E-state index in [1.54, 1.807) is 36.4 Å². The van der Waals surface area contributed by atoms with Crippen molar-refractivity contribution >= 4 is 31.5 Å². The minimum absolute atomic E-state index is 0.0541. The number of nitrogens with zero attached hydrogens (tertiary/aromatic N) is 1. The third-order valence-electron chi connectivity index (χ3n) is 4.90. The zero-order valence-electron chi connectivity index (χ0n) is 15.2. The Morgan fingerprint density at radius 3 is 2.28 bits per heavy atom. The first kappa shape index (κ1) is 20.2. The molecule has 0 amide bonds. The zero-order chi connectivity index (χ0) is 20.6. The lowest BCUT2D eigenvalue weighted by atomic mass is 10.1. The highest BCUT2D eigenvalue weighted by atomic mass is 35.5. The molecule has 29 heavy (non-hydrogen) atoms. The van der Waals surface area contributed by atoms with E-state index in [2.05, 4.69) is 0 Å². The Labute approximate surface area is 174 Å². The Balaban J connectivity index is 1.46. The second kappa shape index (κ2) is 7.60. The maximum absolute atomic E-state index is 12.8. The summed E-state index contributed by atoms with van der Waals surface area (Å²) in [6.45, 7) is -0.108. The third kappa shape index (κ3) is 4.11. The second-order valence-corrected chi connectivity index (χ2v) is 11.5. The van der Waals surface area contributed by atoms with Crippen LogP contribution in [0, 0.1) is 0 Å². The van der Waals surface area contributed by atoms with Gasteiger partial charge < -0.3 is 4.42 Å². The van der Waals surface area contributed by atoms with Gasteiger partial charge in [0.25, 0.3) is 0 Å². The molecule has 0 unspecified atom stereocenters. The molecule has 1 aromatic heterocycles. The summed E-state index contributed by atoms with van der Waals surface area (Å²) in [5.74, 6) is 0.121. The number of halogens is 1. The fraction of sp³-hybridized carbons (Fsp3) is 0.200. The number of sulfonamides is 1. The molecule has 0 aliphatic carbocycles. The van der Waals surface area contributed by atoms with Gasteiger partial charge in [-0.2, -0.15) is 4.31 Å². The Hall–Kier alpha value is -2.13. The van der Waals surface area contributed by atoms with Gasteiger partial charge in [0.05, 0.1) is 16.4 Å². The quantitative estimate of drug-likeness (QED) is 0.571. The first-order valence-corrected chi connectivity index (χ1v) is 12.4. The van der Waals surface area contributed by atoms with Gasteiger partial charge in [-0.05, 0) is 47.5 Å². The van der Waals surface area contributed by atoms with Crippen molar-refractivity contribution < 1.29 is 21.3 Å². The molecular formula is C20H18ClNO5S2. The van der Waals surface area contributed by atoms with Crippen LogP contribution < -0.4 is 0 Å². The molecule has 1 fully saturated rings. The second-order valence-electron chi connectivity index (χ2n) is 6.87. The topological polar surface area (TPSA) is 84.7 Å². The van der Waals surface area contributed by atoms with Crippen molar-refractivity contribution in [2.75, 3.05) is 13.1 Å². The average molecular weight is 452 g/mol. The highest BCUT2D eigenvalue weighted by Gasteiger charge is 2.43. The van der Waals surface area contributed by atoms with Crippen LogP contribution >= 0.6 is 11.6 Å². The fourth-order valence-corrected chi connectivity index (χ4v) is 6.69. The van der Waals surface area contributed by atoms with Crippen molar-refractivity contribution in [3.8, 4) is 11.1 Å². The molecule has 0 atom stereocenters. The van der Waals surface area contributed by atoms with Crippen LogP contribution in [0.1, 0.15) is 5.76 Å². The number of sulfone groups is 1. The maximum atomic E-state index is 12.8. The van der Waals surface area contributed by atoms with E-state index >= 15 is 0 Å². The monoisotopic (exact) mass is 451 g/mol. The van der Waals surface area contributed by atoms with Gasteiger partial charge in [-0.25, -0.2) is 16.8 Å². The summed E-state index contributed by atoms with van der Waals surface area (Å²) >= 11 is 6.00. The summed E-state index contributed by atoms with van der Waals surface area (Å²) in [4.78, 5) is 0.130. The Kier molecular flexibility index (Phi) is 5.29. The van der Waals surface area contributed by atoms with E-state index in [1.807, 2.05) is 12.1 Å². The van der Waals surface area contributed by atoms with E-state index in [-0.39, 0.29) is 23.7 Å². The number of rotatable bonds is 6. The predicted molar refractivity (Wildman–Crippen MR) is 111 cm³/mol. The summed E-state index contributed by atoms with van der Waals surface area (Å²) in [6.07, 6.45) is 1.41. The van der Waals surface area contributed by atoms with Gasteiger partial charge in [-0.3, -0.25) is 0 Å². The SMILES string of the molecule is O=S(=O)(Cc1ccco1)C1CN(S(=O)(=O)c2ccc(-c3cccc(Cl)c3)cc2)C1. The molecule has 152 valence electrons. The van der Waals surface area contributed by atoms with Crippen molar-refractivity contribution in [1.29, 1.82) is 0 Å². The number of benzene rings is 2. The molecule has 6 nitrogen and oxygen atoms in total. The van der Waals surface area contributed by atoms with Crippen LogP contribution in [-0.4, -0.2) is 39.5 Å². The number of hydrogen-bond acceptors (Lipinski definition) is 5. The van der Waals surface area contributed by atoms with Crippen LogP contribution in [0.15, 0.2) is 76.2 Å². The van der Waals surface area contributed by atoms with E-state index in [4.69, 9.17) is 16.0 Å². The maximum Gasteiger partial charge on any atom is 0.243 e. The van der Waals surface area contributed by atoms with Crippen LogP contribution in [0.4, 0.5) is 0 Å².